The molecular weight excluding hydrogens is 411 g/mol. The number of hydrogen-bond donors (Lipinski definition) is 1. The molecule has 0 saturated carbocycles. The highest BCUT2D eigenvalue weighted by atomic mass is 35.5. The number of halogens is 2. The van der Waals surface area contributed by atoms with E-state index >= 15 is 0 Å². The second kappa shape index (κ2) is 7.65. The molecule has 29 heavy (non-hydrogen) atoms. The van der Waals surface area contributed by atoms with Gasteiger partial charge in [0.15, 0.2) is 0 Å². The summed E-state index contributed by atoms with van der Waals surface area (Å²) in [6, 6.07) is 11.4. The van der Waals surface area contributed by atoms with Gasteiger partial charge in [0.1, 0.15) is 0 Å². The third-order valence-electron chi connectivity index (χ3n) is 5.39. The zero-order chi connectivity index (χ0) is 20.7. The number of amides is 3. The molecule has 2 aromatic rings. The Morgan fingerprint density at radius 1 is 1.07 bits per heavy atom. The van der Waals surface area contributed by atoms with Crippen molar-refractivity contribution in [1.82, 2.24) is 0 Å². The van der Waals surface area contributed by atoms with Gasteiger partial charge in [-0.25, -0.2) is 0 Å². The molecule has 2 atom stereocenters. The Morgan fingerprint density at radius 3 is 2.59 bits per heavy atom. The summed E-state index contributed by atoms with van der Waals surface area (Å²) < 4.78 is 0. The molecule has 1 heterocycles. The number of imide groups is 1. The van der Waals surface area contributed by atoms with Gasteiger partial charge in [-0.1, -0.05) is 47.0 Å². The van der Waals surface area contributed by atoms with Gasteiger partial charge in [-0.15, -0.1) is 0 Å². The SMILES string of the molecule is CC1=CC[C@H]2C(=O)N(c3cccc(C(=O)Nc4cccc(Cl)c4Cl)c3)C(=O)[C@@H]2C1. The number of hydrogen-bond acceptors (Lipinski definition) is 3. The highest BCUT2D eigenvalue weighted by Crippen LogP contribution is 2.40. The number of anilines is 2. The smallest absolute Gasteiger partial charge is 0.255 e. The van der Waals surface area contributed by atoms with Crippen molar-refractivity contribution in [2.75, 3.05) is 10.2 Å². The van der Waals surface area contributed by atoms with Crippen LogP contribution in [0.2, 0.25) is 10.0 Å². The lowest BCUT2D eigenvalue weighted by Gasteiger charge is -2.18. The van der Waals surface area contributed by atoms with Crippen LogP contribution in [0.25, 0.3) is 0 Å². The fraction of sp³-hybridized carbons (Fsp3) is 0.227. The van der Waals surface area contributed by atoms with E-state index in [0.717, 1.165) is 5.57 Å². The van der Waals surface area contributed by atoms with Crippen molar-refractivity contribution < 1.29 is 14.4 Å². The van der Waals surface area contributed by atoms with Crippen LogP contribution in [0.5, 0.6) is 0 Å². The van der Waals surface area contributed by atoms with Gasteiger partial charge in [-0.3, -0.25) is 19.3 Å². The molecule has 5 nitrogen and oxygen atoms in total. The van der Waals surface area contributed by atoms with E-state index in [-0.39, 0.29) is 28.7 Å². The van der Waals surface area contributed by atoms with Crippen molar-refractivity contribution in [1.29, 1.82) is 0 Å². The van der Waals surface area contributed by atoms with E-state index < -0.39 is 5.91 Å². The summed E-state index contributed by atoms with van der Waals surface area (Å²) >= 11 is 12.1. The fourth-order valence-electron chi connectivity index (χ4n) is 3.87. The van der Waals surface area contributed by atoms with Crippen molar-refractivity contribution in [2.45, 2.75) is 19.8 Å². The minimum Gasteiger partial charge on any atom is -0.321 e. The number of fused-ring (bicyclic) bond motifs is 1. The number of allylic oxidation sites excluding steroid dienone is 2. The Balaban J connectivity index is 1.59. The maximum Gasteiger partial charge on any atom is 0.255 e. The third kappa shape index (κ3) is 3.56. The van der Waals surface area contributed by atoms with E-state index in [0.29, 0.717) is 34.8 Å². The molecule has 1 N–H and O–H groups in total. The van der Waals surface area contributed by atoms with E-state index in [4.69, 9.17) is 23.2 Å². The zero-order valence-electron chi connectivity index (χ0n) is 15.6. The van der Waals surface area contributed by atoms with Crippen LogP contribution < -0.4 is 10.2 Å². The summed E-state index contributed by atoms with van der Waals surface area (Å²) in [6.07, 6.45) is 3.19. The first-order valence-electron chi connectivity index (χ1n) is 9.25. The molecule has 0 unspecified atom stereocenters. The van der Waals surface area contributed by atoms with Gasteiger partial charge in [0.25, 0.3) is 5.91 Å². The lowest BCUT2D eigenvalue weighted by molar-refractivity contribution is -0.122. The Kier molecular flexibility index (Phi) is 5.19. The monoisotopic (exact) mass is 428 g/mol. The van der Waals surface area contributed by atoms with Gasteiger partial charge in [0.2, 0.25) is 11.8 Å². The van der Waals surface area contributed by atoms with Crippen LogP contribution in [0.15, 0.2) is 54.1 Å². The van der Waals surface area contributed by atoms with Crippen molar-refractivity contribution in [3.63, 3.8) is 0 Å². The lowest BCUT2D eigenvalue weighted by Crippen LogP contribution is -2.31. The summed E-state index contributed by atoms with van der Waals surface area (Å²) in [5.74, 6) is -1.48. The molecule has 0 aromatic heterocycles. The molecule has 1 fully saturated rings. The maximum absolute atomic E-state index is 12.9. The first-order chi connectivity index (χ1) is 13.9. The van der Waals surface area contributed by atoms with E-state index in [9.17, 15) is 14.4 Å². The molecule has 2 aromatic carbocycles. The van der Waals surface area contributed by atoms with Crippen molar-refractivity contribution in [3.05, 3.63) is 69.7 Å². The number of rotatable bonds is 3. The number of carbonyl (C=O) groups excluding carboxylic acids is 3. The fourth-order valence-corrected chi connectivity index (χ4v) is 4.22. The Labute approximate surface area is 178 Å². The largest absolute Gasteiger partial charge is 0.321 e. The average molecular weight is 429 g/mol. The Morgan fingerprint density at radius 2 is 1.79 bits per heavy atom. The molecule has 1 aliphatic heterocycles. The van der Waals surface area contributed by atoms with Crippen LogP contribution in [-0.4, -0.2) is 17.7 Å². The van der Waals surface area contributed by atoms with Crippen molar-refractivity contribution in [2.24, 2.45) is 11.8 Å². The van der Waals surface area contributed by atoms with E-state index in [1.54, 1.807) is 42.5 Å². The molecule has 148 valence electrons. The molecule has 4 rings (SSSR count). The highest BCUT2D eigenvalue weighted by Gasteiger charge is 2.48. The Bertz CT molecular complexity index is 1060. The minimum atomic E-state index is -0.412. The average Bonchev–Trinajstić information content (AvgIpc) is 2.95. The number of nitrogens with one attached hydrogen (secondary N) is 1. The molecule has 0 bridgehead atoms. The van der Waals surface area contributed by atoms with E-state index in [1.807, 2.05) is 13.0 Å². The summed E-state index contributed by atoms with van der Waals surface area (Å²) in [6.45, 7) is 1.97. The molecule has 3 amide bonds. The van der Waals surface area contributed by atoms with Gasteiger partial charge in [0.05, 0.1) is 33.3 Å². The van der Waals surface area contributed by atoms with Crippen molar-refractivity contribution >= 4 is 52.3 Å². The summed E-state index contributed by atoms with van der Waals surface area (Å²) in [7, 11) is 0. The predicted molar refractivity (Wildman–Crippen MR) is 113 cm³/mol. The van der Waals surface area contributed by atoms with Gasteiger partial charge in [-0.2, -0.15) is 0 Å². The van der Waals surface area contributed by atoms with Crippen LogP contribution in [0, 0.1) is 11.8 Å². The van der Waals surface area contributed by atoms with Gasteiger partial charge in [-0.05, 0) is 50.1 Å². The van der Waals surface area contributed by atoms with Crippen LogP contribution in [0.3, 0.4) is 0 Å². The van der Waals surface area contributed by atoms with Crippen LogP contribution >= 0.6 is 23.2 Å². The standard InChI is InChI=1S/C22H18Cl2N2O3/c1-12-8-9-15-16(10-12)22(29)26(21(15)28)14-5-2-4-13(11-14)20(27)25-18-7-3-6-17(23)19(18)24/h2-8,11,15-16H,9-10H2,1H3,(H,25,27)/t15-,16-/m1/s1. The summed E-state index contributed by atoms with van der Waals surface area (Å²) in [4.78, 5) is 39.7. The van der Waals surface area contributed by atoms with Crippen molar-refractivity contribution in [3.8, 4) is 0 Å². The first kappa shape index (κ1) is 19.7. The zero-order valence-corrected chi connectivity index (χ0v) is 17.1. The highest BCUT2D eigenvalue weighted by molar-refractivity contribution is 6.44. The van der Waals surface area contributed by atoms with Crippen LogP contribution in [0.1, 0.15) is 30.1 Å². The van der Waals surface area contributed by atoms with Gasteiger partial charge in [0, 0.05) is 5.56 Å². The number of carbonyl (C=O) groups is 3. The second-order valence-corrected chi connectivity index (χ2v) is 8.11. The minimum absolute atomic E-state index is 0.206. The quantitative estimate of drug-likeness (QED) is 0.546. The predicted octanol–water partition coefficient (Wildman–Crippen LogP) is 5.09. The van der Waals surface area contributed by atoms with E-state index in [2.05, 4.69) is 5.32 Å². The number of nitrogens with zero attached hydrogens (tertiary/aromatic N) is 1. The van der Waals surface area contributed by atoms with Gasteiger partial charge >= 0.3 is 0 Å². The molecular formula is C22H18Cl2N2O3. The normalized spacial score (nSPS) is 21.1. The molecule has 1 saturated heterocycles. The first-order valence-corrected chi connectivity index (χ1v) is 10.0. The number of benzene rings is 2. The maximum atomic E-state index is 12.9. The third-order valence-corrected chi connectivity index (χ3v) is 6.21. The molecule has 0 spiro atoms. The lowest BCUT2D eigenvalue weighted by atomic mass is 9.82. The molecule has 1 aliphatic carbocycles. The van der Waals surface area contributed by atoms with E-state index in [1.165, 1.54) is 4.90 Å². The van der Waals surface area contributed by atoms with Gasteiger partial charge < -0.3 is 5.32 Å². The van der Waals surface area contributed by atoms with Crippen LogP contribution in [-0.2, 0) is 9.59 Å². The Hall–Kier alpha value is -2.63. The second-order valence-electron chi connectivity index (χ2n) is 7.32. The molecule has 7 heteroatoms. The summed E-state index contributed by atoms with van der Waals surface area (Å²) in [5, 5.41) is 3.29. The summed E-state index contributed by atoms with van der Waals surface area (Å²) in [5.41, 5.74) is 2.22. The topological polar surface area (TPSA) is 66.5 Å². The molecule has 2 aliphatic rings. The van der Waals surface area contributed by atoms with Crippen LogP contribution in [0.4, 0.5) is 11.4 Å². The molecule has 0 radical (unpaired) electrons.